The van der Waals surface area contributed by atoms with Gasteiger partial charge in [0.05, 0.1) is 0 Å². The summed E-state index contributed by atoms with van der Waals surface area (Å²) in [6.07, 6.45) is 11.8. The van der Waals surface area contributed by atoms with Gasteiger partial charge in [0.2, 0.25) is 0 Å². The summed E-state index contributed by atoms with van der Waals surface area (Å²) in [4.78, 5) is 8.92. The summed E-state index contributed by atoms with van der Waals surface area (Å²) in [5.74, 6) is 2.01. The number of benzene rings is 2. The van der Waals surface area contributed by atoms with Crippen molar-refractivity contribution in [1.29, 1.82) is 0 Å². The number of nitrogens with zero attached hydrogens (tertiary/aromatic N) is 2. The van der Waals surface area contributed by atoms with E-state index in [-0.39, 0.29) is 5.82 Å². The van der Waals surface area contributed by atoms with Crippen molar-refractivity contribution in [2.24, 2.45) is 5.92 Å². The predicted molar refractivity (Wildman–Crippen MR) is 112 cm³/mol. The van der Waals surface area contributed by atoms with Crippen molar-refractivity contribution >= 4 is 0 Å². The first-order valence-corrected chi connectivity index (χ1v) is 10.4. The predicted octanol–water partition coefficient (Wildman–Crippen LogP) is 7.02. The normalized spacial score (nSPS) is 19.5. The Labute approximate surface area is 166 Å². The molecule has 3 aromatic rings. The van der Waals surface area contributed by atoms with E-state index >= 15 is 0 Å². The van der Waals surface area contributed by atoms with Gasteiger partial charge in [0.1, 0.15) is 5.82 Å². The molecule has 144 valence electrons. The van der Waals surface area contributed by atoms with Gasteiger partial charge < -0.3 is 0 Å². The minimum absolute atomic E-state index is 0.251. The third kappa shape index (κ3) is 4.30. The van der Waals surface area contributed by atoms with Crippen LogP contribution in [-0.4, -0.2) is 9.97 Å². The highest BCUT2D eigenvalue weighted by atomic mass is 19.1. The Bertz CT molecular complexity index is 877. The minimum Gasteiger partial charge on any atom is -0.236 e. The van der Waals surface area contributed by atoms with Crippen LogP contribution < -0.4 is 0 Å². The van der Waals surface area contributed by atoms with Gasteiger partial charge in [0, 0.05) is 23.5 Å². The van der Waals surface area contributed by atoms with E-state index in [4.69, 9.17) is 0 Å². The summed E-state index contributed by atoms with van der Waals surface area (Å²) in [5, 5.41) is 0. The standard InChI is InChI=1S/C25H27FN2/c1-2-3-18-4-6-19(7-5-18)20-8-10-21(11-9-20)23-16-27-25(28-17-23)22-12-14-24(26)15-13-22/h8-19H,2-7H2,1H3/t18-,19-. The third-order valence-corrected chi connectivity index (χ3v) is 6.01. The van der Waals surface area contributed by atoms with Gasteiger partial charge in [-0.1, -0.05) is 44.0 Å². The number of hydrogen-bond acceptors (Lipinski definition) is 2. The number of aromatic nitrogens is 2. The number of halogens is 1. The Morgan fingerprint density at radius 2 is 1.39 bits per heavy atom. The molecule has 0 atom stereocenters. The molecule has 4 rings (SSSR count). The van der Waals surface area contributed by atoms with E-state index in [1.54, 1.807) is 12.1 Å². The van der Waals surface area contributed by atoms with Crippen LogP contribution in [0.2, 0.25) is 0 Å². The van der Waals surface area contributed by atoms with Gasteiger partial charge in [-0.3, -0.25) is 0 Å². The molecule has 1 aliphatic rings. The van der Waals surface area contributed by atoms with Crippen molar-refractivity contribution in [1.82, 2.24) is 9.97 Å². The summed E-state index contributed by atoms with van der Waals surface area (Å²) in [5.41, 5.74) is 4.42. The second-order valence-corrected chi connectivity index (χ2v) is 7.93. The average molecular weight is 375 g/mol. The zero-order valence-corrected chi connectivity index (χ0v) is 16.4. The molecule has 28 heavy (non-hydrogen) atoms. The highest BCUT2D eigenvalue weighted by Crippen LogP contribution is 2.38. The largest absolute Gasteiger partial charge is 0.236 e. The lowest BCUT2D eigenvalue weighted by molar-refractivity contribution is 0.308. The molecular formula is C25H27FN2. The first-order valence-electron chi connectivity index (χ1n) is 10.4. The van der Waals surface area contributed by atoms with Gasteiger partial charge in [-0.05, 0) is 72.9 Å². The quantitative estimate of drug-likeness (QED) is 0.479. The SMILES string of the molecule is CCC[C@H]1CC[C@H](c2ccc(-c3cnc(-c4ccc(F)cc4)nc3)cc2)CC1. The van der Waals surface area contributed by atoms with Crippen molar-refractivity contribution in [2.45, 2.75) is 51.4 Å². The van der Waals surface area contributed by atoms with Gasteiger partial charge in [0.15, 0.2) is 5.82 Å². The van der Waals surface area contributed by atoms with Gasteiger partial charge >= 0.3 is 0 Å². The Hall–Kier alpha value is -2.55. The maximum absolute atomic E-state index is 13.1. The van der Waals surface area contributed by atoms with E-state index < -0.39 is 0 Å². The summed E-state index contributed by atoms with van der Waals surface area (Å²) in [7, 11) is 0. The van der Waals surface area contributed by atoms with E-state index in [9.17, 15) is 4.39 Å². The van der Waals surface area contributed by atoms with Crippen LogP contribution in [0.25, 0.3) is 22.5 Å². The van der Waals surface area contributed by atoms with Crippen LogP contribution in [0, 0.1) is 11.7 Å². The fourth-order valence-corrected chi connectivity index (χ4v) is 4.37. The third-order valence-electron chi connectivity index (χ3n) is 6.01. The summed E-state index contributed by atoms with van der Waals surface area (Å²) in [6, 6.07) is 15.2. The molecule has 3 heteroatoms. The second-order valence-electron chi connectivity index (χ2n) is 7.93. The fourth-order valence-electron chi connectivity index (χ4n) is 4.37. The van der Waals surface area contributed by atoms with Crippen LogP contribution >= 0.6 is 0 Å². The van der Waals surface area contributed by atoms with E-state index in [1.807, 2.05) is 12.4 Å². The van der Waals surface area contributed by atoms with Crippen LogP contribution in [0.4, 0.5) is 4.39 Å². The van der Waals surface area contributed by atoms with E-state index in [2.05, 4.69) is 41.2 Å². The molecule has 0 amide bonds. The lowest BCUT2D eigenvalue weighted by atomic mass is 9.77. The van der Waals surface area contributed by atoms with Crippen LogP contribution in [0.1, 0.15) is 56.9 Å². The molecule has 1 aliphatic carbocycles. The summed E-state index contributed by atoms with van der Waals surface area (Å²) >= 11 is 0. The molecule has 1 saturated carbocycles. The Balaban J connectivity index is 1.43. The fraction of sp³-hybridized carbons (Fsp3) is 0.360. The molecule has 0 N–H and O–H groups in total. The van der Waals surface area contributed by atoms with Gasteiger partial charge in [-0.2, -0.15) is 0 Å². The molecule has 0 spiro atoms. The number of hydrogen-bond donors (Lipinski definition) is 0. The van der Waals surface area contributed by atoms with Crippen molar-refractivity contribution in [3.05, 3.63) is 72.3 Å². The molecule has 1 aromatic heterocycles. The highest BCUT2D eigenvalue weighted by Gasteiger charge is 2.21. The van der Waals surface area contributed by atoms with E-state index in [0.29, 0.717) is 11.7 Å². The Morgan fingerprint density at radius 3 is 2.00 bits per heavy atom. The zero-order chi connectivity index (χ0) is 19.3. The Morgan fingerprint density at radius 1 is 0.786 bits per heavy atom. The molecule has 2 nitrogen and oxygen atoms in total. The van der Waals surface area contributed by atoms with Gasteiger partial charge in [-0.15, -0.1) is 0 Å². The molecular weight excluding hydrogens is 347 g/mol. The van der Waals surface area contributed by atoms with Crippen molar-refractivity contribution < 1.29 is 4.39 Å². The molecule has 0 unspecified atom stereocenters. The smallest absolute Gasteiger partial charge is 0.159 e. The van der Waals surface area contributed by atoms with Crippen LogP contribution in [0.5, 0.6) is 0 Å². The molecule has 1 fully saturated rings. The monoisotopic (exact) mass is 374 g/mol. The molecule has 0 bridgehead atoms. The summed E-state index contributed by atoms with van der Waals surface area (Å²) < 4.78 is 13.1. The zero-order valence-electron chi connectivity index (χ0n) is 16.4. The first kappa shape index (κ1) is 18.8. The van der Waals surface area contributed by atoms with Crippen molar-refractivity contribution in [2.75, 3.05) is 0 Å². The Kier molecular flexibility index (Phi) is 5.80. The van der Waals surface area contributed by atoms with Crippen LogP contribution in [0.15, 0.2) is 60.9 Å². The molecule has 0 aliphatic heterocycles. The van der Waals surface area contributed by atoms with Gasteiger partial charge in [0.25, 0.3) is 0 Å². The maximum atomic E-state index is 13.1. The summed E-state index contributed by atoms with van der Waals surface area (Å²) in [6.45, 7) is 2.29. The average Bonchev–Trinajstić information content (AvgIpc) is 2.75. The first-order chi connectivity index (χ1) is 13.7. The molecule has 0 saturated heterocycles. The lowest BCUT2D eigenvalue weighted by Gasteiger charge is -2.28. The van der Waals surface area contributed by atoms with Crippen LogP contribution in [0.3, 0.4) is 0 Å². The molecule has 1 heterocycles. The minimum atomic E-state index is -0.251. The van der Waals surface area contributed by atoms with E-state index in [0.717, 1.165) is 22.6 Å². The van der Waals surface area contributed by atoms with E-state index in [1.165, 1.54) is 56.2 Å². The van der Waals surface area contributed by atoms with Crippen molar-refractivity contribution in [3.8, 4) is 22.5 Å². The highest BCUT2D eigenvalue weighted by molar-refractivity contribution is 5.64. The van der Waals surface area contributed by atoms with Gasteiger partial charge in [-0.25, -0.2) is 14.4 Å². The second kappa shape index (κ2) is 8.64. The molecule has 2 aromatic carbocycles. The van der Waals surface area contributed by atoms with Crippen molar-refractivity contribution in [3.63, 3.8) is 0 Å². The van der Waals surface area contributed by atoms with Crippen LogP contribution in [-0.2, 0) is 0 Å². The lowest BCUT2D eigenvalue weighted by Crippen LogP contribution is -2.13. The topological polar surface area (TPSA) is 25.8 Å². The molecule has 0 radical (unpaired) electrons. The maximum Gasteiger partial charge on any atom is 0.159 e. The number of rotatable bonds is 5.